The first-order valence-corrected chi connectivity index (χ1v) is 11.9. The molecule has 186 valence electrons. The number of methoxy groups -OCH3 is 5. The number of ether oxygens (including phenoxy) is 5. The molecule has 2 aliphatic rings. The summed E-state index contributed by atoms with van der Waals surface area (Å²) in [7, 11) is 7.78. The van der Waals surface area contributed by atoms with Gasteiger partial charge in [0.25, 0.3) is 0 Å². The Hall–Kier alpha value is -3.20. The van der Waals surface area contributed by atoms with Gasteiger partial charge in [-0.3, -0.25) is 9.59 Å². The molecule has 2 unspecified atom stereocenters. The molecule has 0 fully saturated rings. The number of hydrogen-bond acceptors (Lipinski definition) is 7. The van der Waals surface area contributed by atoms with Gasteiger partial charge in [0, 0.05) is 34.5 Å². The van der Waals surface area contributed by atoms with Gasteiger partial charge in [0.15, 0.2) is 28.8 Å². The Morgan fingerprint density at radius 1 is 0.771 bits per heavy atom. The number of Topliss-reactive ketones (excluding diaryl/α,β-unsaturated/α-hetero) is 1. The number of carbonyl (C=O) groups excluding carboxylic acids is 2. The van der Waals surface area contributed by atoms with E-state index >= 15 is 0 Å². The summed E-state index contributed by atoms with van der Waals surface area (Å²) in [6, 6.07) is 7.35. The standard InChI is InChI=1S/C26H28BrNO7/c1-31-20-10-15(17(27)12-21(20)32-2)16-11-24(30)28-18-6-13(7-19(29)25(16)18)14-8-22(33-3)26(35-5)23(9-14)34-4/h8-10,12-13,16H,6-7,11H2,1-5H3,(H,28,30). The quantitative estimate of drug-likeness (QED) is 0.547. The van der Waals surface area contributed by atoms with Gasteiger partial charge in [0.1, 0.15) is 0 Å². The first-order valence-electron chi connectivity index (χ1n) is 11.1. The van der Waals surface area contributed by atoms with Crippen LogP contribution in [0.15, 0.2) is 40.0 Å². The summed E-state index contributed by atoms with van der Waals surface area (Å²) >= 11 is 3.60. The highest BCUT2D eigenvalue weighted by Crippen LogP contribution is 2.48. The van der Waals surface area contributed by atoms with E-state index in [9.17, 15) is 9.59 Å². The van der Waals surface area contributed by atoms with Crippen molar-refractivity contribution >= 4 is 27.6 Å². The molecule has 35 heavy (non-hydrogen) atoms. The van der Waals surface area contributed by atoms with Crippen molar-refractivity contribution in [1.29, 1.82) is 0 Å². The highest BCUT2D eigenvalue weighted by molar-refractivity contribution is 9.10. The van der Waals surface area contributed by atoms with Crippen molar-refractivity contribution in [2.24, 2.45) is 0 Å². The fraction of sp³-hybridized carbons (Fsp3) is 0.385. The first kappa shape index (κ1) is 24.9. The van der Waals surface area contributed by atoms with E-state index in [-0.39, 0.29) is 29.9 Å². The van der Waals surface area contributed by atoms with Crippen molar-refractivity contribution in [2.45, 2.75) is 31.1 Å². The van der Waals surface area contributed by atoms with Crippen molar-refractivity contribution in [1.82, 2.24) is 5.32 Å². The van der Waals surface area contributed by atoms with E-state index in [0.29, 0.717) is 52.9 Å². The third-order valence-electron chi connectivity index (χ3n) is 6.57. The number of carbonyl (C=O) groups is 2. The molecule has 0 spiro atoms. The van der Waals surface area contributed by atoms with Crippen molar-refractivity contribution in [3.05, 3.63) is 51.1 Å². The molecule has 2 atom stereocenters. The smallest absolute Gasteiger partial charge is 0.225 e. The summed E-state index contributed by atoms with van der Waals surface area (Å²) in [4.78, 5) is 26.3. The Morgan fingerprint density at radius 2 is 1.37 bits per heavy atom. The molecule has 9 heteroatoms. The van der Waals surface area contributed by atoms with Gasteiger partial charge in [0.05, 0.1) is 35.5 Å². The van der Waals surface area contributed by atoms with Gasteiger partial charge < -0.3 is 29.0 Å². The summed E-state index contributed by atoms with van der Waals surface area (Å²) in [5.41, 5.74) is 2.98. The lowest BCUT2D eigenvalue weighted by molar-refractivity contribution is -0.122. The van der Waals surface area contributed by atoms with E-state index in [0.717, 1.165) is 15.6 Å². The molecule has 0 saturated carbocycles. The van der Waals surface area contributed by atoms with Gasteiger partial charge >= 0.3 is 0 Å². The predicted octanol–water partition coefficient (Wildman–Crippen LogP) is 4.50. The molecule has 0 radical (unpaired) electrons. The van der Waals surface area contributed by atoms with Crippen LogP contribution in [0.1, 0.15) is 42.2 Å². The molecule has 1 aliphatic heterocycles. The monoisotopic (exact) mass is 545 g/mol. The first-order chi connectivity index (χ1) is 16.8. The maximum Gasteiger partial charge on any atom is 0.225 e. The minimum atomic E-state index is -0.388. The minimum Gasteiger partial charge on any atom is -0.493 e. The number of rotatable bonds is 7. The van der Waals surface area contributed by atoms with Crippen LogP contribution in [0.2, 0.25) is 0 Å². The largest absolute Gasteiger partial charge is 0.493 e. The number of benzene rings is 2. The number of allylic oxidation sites excluding steroid dienone is 2. The van der Waals surface area contributed by atoms with Gasteiger partial charge in [-0.15, -0.1) is 0 Å². The van der Waals surface area contributed by atoms with E-state index in [1.807, 2.05) is 18.2 Å². The van der Waals surface area contributed by atoms with Gasteiger partial charge in [-0.05, 0) is 47.7 Å². The van der Waals surface area contributed by atoms with Gasteiger partial charge in [-0.2, -0.15) is 0 Å². The van der Waals surface area contributed by atoms with Crippen LogP contribution in [0, 0.1) is 0 Å². The van der Waals surface area contributed by atoms with Gasteiger partial charge in [-0.25, -0.2) is 0 Å². The van der Waals surface area contributed by atoms with Crippen LogP contribution < -0.4 is 29.0 Å². The van der Waals surface area contributed by atoms with Crippen molar-refractivity contribution < 1.29 is 33.3 Å². The number of nitrogens with one attached hydrogen (secondary N) is 1. The molecule has 8 nitrogen and oxygen atoms in total. The van der Waals surface area contributed by atoms with Crippen LogP contribution in [-0.2, 0) is 9.59 Å². The van der Waals surface area contributed by atoms with Crippen molar-refractivity contribution in [3.63, 3.8) is 0 Å². The summed E-state index contributed by atoms with van der Waals surface area (Å²) in [5.74, 6) is 1.97. The third kappa shape index (κ3) is 4.57. The lowest BCUT2D eigenvalue weighted by atomic mass is 9.73. The molecular weight excluding hydrogens is 518 g/mol. The van der Waals surface area contributed by atoms with E-state index in [1.54, 1.807) is 41.6 Å². The molecule has 0 bridgehead atoms. The maximum atomic E-state index is 13.6. The molecule has 0 aromatic heterocycles. The molecule has 0 saturated heterocycles. The molecule has 1 heterocycles. The minimum absolute atomic E-state index is 0.00307. The molecule has 1 amide bonds. The van der Waals surface area contributed by atoms with Gasteiger partial charge in [0.2, 0.25) is 11.7 Å². The Morgan fingerprint density at radius 3 is 1.94 bits per heavy atom. The Balaban J connectivity index is 1.76. The molecule has 2 aromatic rings. The van der Waals surface area contributed by atoms with Crippen LogP contribution in [-0.4, -0.2) is 47.2 Å². The van der Waals surface area contributed by atoms with Crippen LogP contribution >= 0.6 is 15.9 Å². The Labute approximate surface area is 212 Å². The van der Waals surface area contributed by atoms with Crippen LogP contribution in [0.3, 0.4) is 0 Å². The molecular formula is C26H28BrNO7. The average Bonchev–Trinajstić information content (AvgIpc) is 2.86. The second-order valence-electron chi connectivity index (χ2n) is 8.41. The lowest BCUT2D eigenvalue weighted by Crippen LogP contribution is -2.38. The van der Waals surface area contributed by atoms with Crippen LogP contribution in [0.25, 0.3) is 0 Å². The molecule has 1 N–H and O–H groups in total. The number of hydrogen-bond donors (Lipinski definition) is 1. The SMILES string of the molecule is COc1cc(Br)c(C2CC(=O)NC3=C2C(=O)CC(c2cc(OC)c(OC)c(OC)c2)C3)cc1OC. The second-order valence-corrected chi connectivity index (χ2v) is 9.27. The number of halogens is 1. The van der Waals surface area contributed by atoms with Gasteiger partial charge in [-0.1, -0.05) is 15.9 Å². The maximum absolute atomic E-state index is 13.6. The average molecular weight is 546 g/mol. The topological polar surface area (TPSA) is 92.3 Å². The molecule has 1 aliphatic carbocycles. The summed E-state index contributed by atoms with van der Waals surface area (Å²) in [5, 5.41) is 2.96. The van der Waals surface area contributed by atoms with Crippen molar-refractivity contribution in [2.75, 3.05) is 35.5 Å². The highest BCUT2D eigenvalue weighted by atomic mass is 79.9. The lowest BCUT2D eigenvalue weighted by Gasteiger charge is -2.35. The summed E-state index contributed by atoms with van der Waals surface area (Å²) < 4.78 is 28.0. The third-order valence-corrected chi connectivity index (χ3v) is 7.26. The van der Waals surface area contributed by atoms with Crippen LogP contribution in [0.4, 0.5) is 0 Å². The Bertz CT molecular complexity index is 1180. The zero-order chi connectivity index (χ0) is 25.3. The molecule has 4 rings (SSSR count). The summed E-state index contributed by atoms with van der Waals surface area (Å²) in [6.45, 7) is 0. The van der Waals surface area contributed by atoms with E-state index in [2.05, 4.69) is 21.2 Å². The molecule has 2 aromatic carbocycles. The van der Waals surface area contributed by atoms with Crippen LogP contribution in [0.5, 0.6) is 28.7 Å². The van der Waals surface area contributed by atoms with E-state index in [4.69, 9.17) is 23.7 Å². The van der Waals surface area contributed by atoms with E-state index in [1.165, 1.54) is 0 Å². The zero-order valence-corrected chi connectivity index (χ0v) is 21.9. The second kappa shape index (κ2) is 10.2. The fourth-order valence-electron chi connectivity index (χ4n) is 4.94. The number of ketones is 1. The highest BCUT2D eigenvalue weighted by Gasteiger charge is 2.39. The normalized spacial score (nSPS) is 19.6. The zero-order valence-electron chi connectivity index (χ0n) is 20.3. The van der Waals surface area contributed by atoms with E-state index < -0.39 is 0 Å². The predicted molar refractivity (Wildman–Crippen MR) is 133 cm³/mol. The summed E-state index contributed by atoms with van der Waals surface area (Å²) in [6.07, 6.45) is 0.981. The fourth-order valence-corrected chi connectivity index (χ4v) is 5.53. The van der Waals surface area contributed by atoms with Crippen molar-refractivity contribution in [3.8, 4) is 28.7 Å². The Kier molecular flexibility index (Phi) is 7.25. The number of amides is 1.